The highest BCUT2D eigenvalue weighted by atomic mass is 15.3. The molecule has 96 valence electrons. The minimum absolute atomic E-state index is 0.0222. The van der Waals surface area contributed by atoms with Gasteiger partial charge in [0.1, 0.15) is 12.2 Å². The number of benzene rings is 1. The van der Waals surface area contributed by atoms with Gasteiger partial charge in [0.2, 0.25) is 0 Å². The molecule has 1 atom stereocenters. The van der Waals surface area contributed by atoms with E-state index < -0.39 is 0 Å². The Labute approximate surface area is 108 Å². The number of rotatable bonds is 5. The quantitative estimate of drug-likeness (QED) is 0.877. The number of aromatic nitrogens is 3. The van der Waals surface area contributed by atoms with E-state index in [2.05, 4.69) is 36.1 Å². The van der Waals surface area contributed by atoms with Crippen molar-refractivity contribution >= 4 is 0 Å². The maximum atomic E-state index is 6.27. The molecule has 0 saturated heterocycles. The van der Waals surface area contributed by atoms with Crippen molar-refractivity contribution in [1.29, 1.82) is 0 Å². The first-order valence-corrected chi connectivity index (χ1v) is 6.40. The molecule has 4 nitrogen and oxygen atoms in total. The summed E-state index contributed by atoms with van der Waals surface area (Å²) in [6.07, 6.45) is 3.39. The van der Waals surface area contributed by atoms with Gasteiger partial charge < -0.3 is 5.73 Å². The maximum Gasteiger partial charge on any atom is 0.138 e. The molecule has 0 aliphatic carbocycles. The van der Waals surface area contributed by atoms with Gasteiger partial charge in [-0.05, 0) is 24.5 Å². The van der Waals surface area contributed by atoms with E-state index in [-0.39, 0.29) is 6.04 Å². The summed E-state index contributed by atoms with van der Waals surface area (Å²) in [5.41, 5.74) is 8.68. The number of nitrogens with two attached hydrogens (primary N) is 1. The standard InChI is InChI=1S/C14H20N4/c1-3-8-18-14(16-10-17-18)9-13(15)12-7-5-4-6-11(12)2/h4-7,10,13H,3,8-9,15H2,1-2H3. The second-order valence-corrected chi connectivity index (χ2v) is 4.57. The van der Waals surface area contributed by atoms with Crippen LogP contribution in [-0.4, -0.2) is 14.8 Å². The highest BCUT2D eigenvalue weighted by Gasteiger charge is 2.13. The van der Waals surface area contributed by atoms with Crippen LogP contribution in [-0.2, 0) is 13.0 Å². The monoisotopic (exact) mass is 244 g/mol. The van der Waals surface area contributed by atoms with E-state index in [4.69, 9.17) is 5.73 Å². The lowest BCUT2D eigenvalue weighted by Gasteiger charge is -2.14. The molecule has 0 aliphatic heterocycles. The van der Waals surface area contributed by atoms with Crippen LogP contribution >= 0.6 is 0 Å². The van der Waals surface area contributed by atoms with Crippen molar-refractivity contribution in [2.24, 2.45) is 5.73 Å². The molecular weight excluding hydrogens is 224 g/mol. The van der Waals surface area contributed by atoms with Crippen molar-refractivity contribution in [3.8, 4) is 0 Å². The Hall–Kier alpha value is -1.68. The smallest absolute Gasteiger partial charge is 0.138 e. The second-order valence-electron chi connectivity index (χ2n) is 4.57. The van der Waals surface area contributed by atoms with Gasteiger partial charge in [-0.2, -0.15) is 5.10 Å². The van der Waals surface area contributed by atoms with Crippen LogP contribution in [0.4, 0.5) is 0 Å². The van der Waals surface area contributed by atoms with Gasteiger partial charge in [-0.15, -0.1) is 0 Å². The van der Waals surface area contributed by atoms with Crippen LogP contribution in [0.25, 0.3) is 0 Å². The summed E-state index contributed by atoms with van der Waals surface area (Å²) in [6, 6.07) is 8.21. The zero-order chi connectivity index (χ0) is 13.0. The van der Waals surface area contributed by atoms with Gasteiger partial charge in [-0.25, -0.2) is 4.98 Å². The molecule has 1 aromatic heterocycles. The fraction of sp³-hybridized carbons (Fsp3) is 0.429. The van der Waals surface area contributed by atoms with E-state index in [1.165, 1.54) is 11.1 Å². The first kappa shape index (κ1) is 12.8. The van der Waals surface area contributed by atoms with Crippen LogP contribution in [0.15, 0.2) is 30.6 Å². The van der Waals surface area contributed by atoms with Gasteiger partial charge in [-0.3, -0.25) is 4.68 Å². The van der Waals surface area contributed by atoms with Crippen molar-refractivity contribution in [3.05, 3.63) is 47.5 Å². The van der Waals surface area contributed by atoms with Crippen LogP contribution in [0.3, 0.4) is 0 Å². The number of aryl methyl sites for hydroxylation is 2. The van der Waals surface area contributed by atoms with Crippen molar-refractivity contribution in [2.75, 3.05) is 0 Å². The van der Waals surface area contributed by atoms with Gasteiger partial charge in [0, 0.05) is 19.0 Å². The maximum absolute atomic E-state index is 6.27. The summed E-state index contributed by atoms with van der Waals surface area (Å²) in [6.45, 7) is 5.12. The van der Waals surface area contributed by atoms with E-state index in [0.717, 1.165) is 25.2 Å². The highest BCUT2D eigenvalue weighted by molar-refractivity contribution is 5.29. The molecule has 18 heavy (non-hydrogen) atoms. The molecule has 1 unspecified atom stereocenters. The summed E-state index contributed by atoms with van der Waals surface area (Å²) < 4.78 is 1.94. The summed E-state index contributed by atoms with van der Waals surface area (Å²) >= 11 is 0. The van der Waals surface area contributed by atoms with E-state index in [1.807, 2.05) is 16.8 Å². The molecule has 0 aliphatic rings. The lowest BCUT2D eigenvalue weighted by Crippen LogP contribution is -2.18. The van der Waals surface area contributed by atoms with Crippen LogP contribution in [0.5, 0.6) is 0 Å². The van der Waals surface area contributed by atoms with Crippen molar-refractivity contribution in [3.63, 3.8) is 0 Å². The minimum atomic E-state index is -0.0222. The third-order valence-electron chi connectivity index (χ3n) is 3.12. The number of nitrogens with zero attached hydrogens (tertiary/aromatic N) is 3. The van der Waals surface area contributed by atoms with Crippen molar-refractivity contribution in [1.82, 2.24) is 14.8 Å². The summed E-state index contributed by atoms with van der Waals surface area (Å²) in [7, 11) is 0. The third-order valence-corrected chi connectivity index (χ3v) is 3.12. The third kappa shape index (κ3) is 2.76. The van der Waals surface area contributed by atoms with Crippen molar-refractivity contribution < 1.29 is 0 Å². The Balaban J connectivity index is 2.14. The predicted octanol–water partition coefficient (Wildman–Crippen LogP) is 2.24. The lowest BCUT2D eigenvalue weighted by atomic mass is 9.99. The van der Waals surface area contributed by atoms with E-state index >= 15 is 0 Å². The van der Waals surface area contributed by atoms with Gasteiger partial charge in [-0.1, -0.05) is 31.2 Å². The Morgan fingerprint density at radius 3 is 2.83 bits per heavy atom. The molecule has 0 saturated carbocycles. The Morgan fingerprint density at radius 2 is 2.11 bits per heavy atom. The SMILES string of the molecule is CCCn1ncnc1CC(N)c1ccccc1C. The van der Waals surface area contributed by atoms with Crippen LogP contribution in [0.2, 0.25) is 0 Å². The molecule has 2 rings (SSSR count). The largest absolute Gasteiger partial charge is 0.324 e. The fourth-order valence-corrected chi connectivity index (χ4v) is 2.15. The van der Waals surface area contributed by atoms with Crippen LogP contribution in [0, 0.1) is 6.92 Å². The van der Waals surface area contributed by atoms with E-state index in [1.54, 1.807) is 6.33 Å². The first-order valence-electron chi connectivity index (χ1n) is 6.40. The zero-order valence-electron chi connectivity index (χ0n) is 11.0. The lowest BCUT2D eigenvalue weighted by molar-refractivity contribution is 0.547. The molecule has 0 amide bonds. The minimum Gasteiger partial charge on any atom is -0.324 e. The number of hydrogen-bond donors (Lipinski definition) is 1. The van der Waals surface area contributed by atoms with E-state index in [0.29, 0.717) is 0 Å². The average Bonchev–Trinajstić information content (AvgIpc) is 2.78. The highest BCUT2D eigenvalue weighted by Crippen LogP contribution is 2.18. The topological polar surface area (TPSA) is 56.7 Å². The average molecular weight is 244 g/mol. The molecule has 2 N–H and O–H groups in total. The van der Waals surface area contributed by atoms with Gasteiger partial charge in [0.05, 0.1) is 0 Å². The van der Waals surface area contributed by atoms with Crippen LogP contribution < -0.4 is 5.73 Å². The fourth-order valence-electron chi connectivity index (χ4n) is 2.15. The van der Waals surface area contributed by atoms with E-state index in [9.17, 15) is 0 Å². The van der Waals surface area contributed by atoms with Crippen molar-refractivity contribution in [2.45, 2.75) is 39.3 Å². The number of hydrogen-bond acceptors (Lipinski definition) is 3. The summed E-state index contributed by atoms with van der Waals surface area (Å²) in [5, 5.41) is 4.23. The molecule has 0 fully saturated rings. The Bertz CT molecular complexity index is 504. The predicted molar refractivity (Wildman–Crippen MR) is 72.1 cm³/mol. The Morgan fingerprint density at radius 1 is 1.33 bits per heavy atom. The molecule has 4 heteroatoms. The zero-order valence-corrected chi connectivity index (χ0v) is 11.0. The molecule has 2 aromatic rings. The molecule has 0 bridgehead atoms. The Kier molecular flexibility index (Phi) is 4.10. The summed E-state index contributed by atoms with van der Waals surface area (Å²) in [5.74, 6) is 0.965. The molecular formula is C14H20N4. The first-order chi connectivity index (χ1) is 8.72. The normalized spacial score (nSPS) is 12.6. The molecule has 1 heterocycles. The van der Waals surface area contributed by atoms with Gasteiger partial charge >= 0.3 is 0 Å². The van der Waals surface area contributed by atoms with Gasteiger partial charge in [0.25, 0.3) is 0 Å². The van der Waals surface area contributed by atoms with Crippen LogP contribution in [0.1, 0.15) is 36.3 Å². The molecule has 1 aromatic carbocycles. The van der Waals surface area contributed by atoms with Gasteiger partial charge in [0.15, 0.2) is 0 Å². The molecule has 0 spiro atoms. The summed E-state index contributed by atoms with van der Waals surface area (Å²) in [4.78, 5) is 4.30. The molecule has 0 radical (unpaired) electrons. The second kappa shape index (κ2) is 5.78.